The Kier molecular flexibility index (Phi) is 7.49. The molecule has 0 unspecified atom stereocenters. The van der Waals surface area contributed by atoms with E-state index in [0.29, 0.717) is 0 Å². The zero-order valence-corrected chi connectivity index (χ0v) is 17.4. The molecule has 0 bridgehead atoms. The molecule has 0 saturated carbocycles. The van der Waals surface area contributed by atoms with Gasteiger partial charge in [-0.25, -0.2) is 0 Å². The summed E-state index contributed by atoms with van der Waals surface area (Å²) in [6.07, 6.45) is 0. The van der Waals surface area contributed by atoms with Crippen molar-refractivity contribution in [3.05, 3.63) is 56.2 Å². The van der Waals surface area contributed by atoms with E-state index in [4.69, 9.17) is 4.74 Å². The first-order valence-electron chi connectivity index (χ1n) is 8.80. The van der Waals surface area contributed by atoms with Crippen LogP contribution in [0, 0.1) is 0 Å². The number of hydrogen-bond donors (Lipinski definition) is 2. The lowest BCUT2D eigenvalue weighted by Crippen LogP contribution is -2.37. The predicted octanol–water partition coefficient (Wildman–Crippen LogP) is 3.21. The van der Waals surface area contributed by atoms with Gasteiger partial charge in [-0.15, -0.1) is 11.3 Å². The molecule has 0 atom stereocenters. The van der Waals surface area contributed by atoms with Gasteiger partial charge in [0, 0.05) is 38.1 Å². The second-order valence-electron chi connectivity index (χ2n) is 6.14. The minimum Gasteiger partial charge on any atom is -0.379 e. The molecular weight excluding hydrogens is 412 g/mol. The lowest BCUT2D eigenvalue weighted by atomic mass is 10.1. The number of rotatable bonds is 6. The lowest BCUT2D eigenvalue weighted by molar-refractivity contribution is 0.0341. The Hall–Kier alpha value is -1.41. The van der Waals surface area contributed by atoms with E-state index in [0.717, 1.165) is 55.7 Å². The van der Waals surface area contributed by atoms with Crippen LogP contribution in [0.3, 0.4) is 0 Å². The van der Waals surface area contributed by atoms with Crippen LogP contribution in [-0.2, 0) is 24.4 Å². The minimum atomic E-state index is 0.758. The molecule has 5 nitrogen and oxygen atoms in total. The molecule has 140 valence electrons. The van der Waals surface area contributed by atoms with Crippen molar-refractivity contribution >= 4 is 33.2 Å². The largest absolute Gasteiger partial charge is 0.379 e. The van der Waals surface area contributed by atoms with Crippen LogP contribution in [0.2, 0.25) is 0 Å². The van der Waals surface area contributed by atoms with Crippen LogP contribution in [0.25, 0.3) is 0 Å². The monoisotopic (exact) mass is 436 g/mol. The molecule has 2 N–H and O–H groups in total. The van der Waals surface area contributed by atoms with Crippen LogP contribution in [0.1, 0.15) is 16.0 Å². The van der Waals surface area contributed by atoms with Gasteiger partial charge in [0.2, 0.25) is 0 Å². The highest BCUT2D eigenvalue weighted by atomic mass is 79.9. The van der Waals surface area contributed by atoms with Gasteiger partial charge in [0.05, 0.1) is 23.5 Å². The van der Waals surface area contributed by atoms with Crippen LogP contribution < -0.4 is 10.6 Å². The highest BCUT2D eigenvalue weighted by molar-refractivity contribution is 9.11. The summed E-state index contributed by atoms with van der Waals surface area (Å²) in [5.41, 5.74) is 2.67. The maximum absolute atomic E-state index is 5.45. The molecule has 3 rings (SSSR count). The fourth-order valence-corrected chi connectivity index (χ4v) is 4.32. The normalized spacial score (nSPS) is 15.8. The zero-order valence-electron chi connectivity index (χ0n) is 15.0. The van der Waals surface area contributed by atoms with Crippen LogP contribution >= 0.6 is 27.3 Å². The molecule has 26 heavy (non-hydrogen) atoms. The summed E-state index contributed by atoms with van der Waals surface area (Å²) in [4.78, 5) is 8.05. The molecule has 1 fully saturated rings. The minimum absolute atomic E-state index is 0.758. The fourth-order valence-electron chi connectivity index (χ4n) is 2.90. The first-order chi connectivity index (χ1) is 12.7. The molecule has 1 saturated heterocycles. The Labute approximate surface area is 167 Å². The zero-order chi connectivity index (χ0) is 18.2. The average Bonchev–Trinajstić information content (AvgIpc) is 3.09. The first kappa shape index (κ1) is 19.4. The third-order valence-electron chi connectivity index (χ3n) is 4.34. The molecule has 0 radical (unpaired) electrons. The second kappa shape index (κ2) is 10.1. The van der Waals surface area contributed by atoms with Crippen molar-refractivity contribution in [2.24, 2.45) is 4.99 Å². The van der Waals surface area contributed by atoms with Gasteiger partial charge in [0.15, 0.2) is 5.96 Å². The predicted molar refractivity (Wildman–Crippen MR) is 112 cm³/mol. The molecule has 2 aromatic rings. The number of nitrogens with one attached hydrogen (secondary N) is 2. The van der Waals surface area contributed by atoms with Crippen LogP contribution in [0.5, 0.6) is 0 Å². The van der Waals surface area contributed by atoms with Gasteiger partial charge in [-0.05, 0) is 39.2 Å². The van der Waals surface area contributed by atoms with Gasteiger partial charge in [0.1, 0.15) is 0 Å². The van der Waals surface area contributed by atoms with Crippen molar-refractivity contribution in [3.63, 3.8) is 0 Å². The summed E-state index contributed by atoms with van der Waals surface area (Å²) in [5.74, 6) is 0.815. The number of halogens is 1. The summed E-state index contributed by atoms with van der Waals surface area (Å²) in [6, 6.07) is 12.8. The molecular formula is C19H25BrN4OS. The number of ether oxygens (including phenoxy) is 1. The number of hydrogen-bond acceptors (Lipinski definition) is 4. The van der Waals surface area contributed by atoms with E-state index in [9.17, 15) is 0 Å². The Morgan fingerprint density at radius 1 is 1.12 bits per heavy atom. The quantitative estimate of drug-likeness (QED) is 0.539. The number of thiophene rings is 1. The Bertz CT molecular complexity index is 728. The van der Waals surface area contributed by atoms with Crippen molar-refractivity contribution < 1.29 is 4.74 Å². The van der Waals surface area contributed by atoms with Crippen LogP contribution in [0.4, 0.5) is 0 Å². The number of aliphatic imine (C=N–C) groups is 1. The standard InChI is InChI=1S/C19H25BrN4OS/c1-21-19(23-13-17-6-7-18(20)26-17)22-12-15-4-2-3-5-16(15)14-24-8-10-25-11-9-24/h2-7H,8-14H2,1H3,(H2,21,22,23). The Morgan fingerprint density at radius 3 is 2.54 bits per heavy atom. The third kappa shape index (κ3) is 5.81. The van der Waals surface area contributed by atoms with Gasteiger partial charge < -0.3 is 15.4 Å². The topological polar surface area (TPSA) is 48.9 Å². The number of nitrogens with zero attached hydrogens (tertiary/aromatic N) is 2. The van der Waals surface area contributed by atoms with E-state index in [2.05, 4.69) is 72.9 Å². The molecule has 1 aliphatic rings. The third-order valence-corrected chi connectivity index (χ3v) is 5.97. The summed E-state index contributed by atoms with van der Waals surface area (Å²) in [5, 5.41) is 6.80. The highest BCUT2D eigenvalue weighted by Crippen LogP contribution is 2.21. The van der Waals surface area contributed by atoms with Gasteiger partial charge in [-0.1, -0.05) is 24.3 Å². The molecule has 1 aromatic heterocycles. The number of guanidine groups is 1. The SMILES string of the molecule is CN=C(NCc1ccc(Br)s1)NCc1ccccc1CN1CCOCC1. The van der Waals surface area contributed by atoms with E-state index in [1.807, 2.05) is 0 Å². The maximum Gasteiger partial charge on any atom is 0.191 e. The van der Waals surface area contributed by atoms with Crippen LogP contribution in [-0.4, -0.2) is 44.2 Å². The average molecular weight is 437 g/mol. The van der Waals surface area contributed by atoms with E-state index in [1.54, 1.807) is 18.4 Å². The van der Waals surface area contributed by atoms with Gasteiger partial charge in [-0.3, -0.25) is 9.89 Å². The Morgan fingerprint density at radius 2 is 1.85 bits per heavy atom. The van der Waals surface area contributed by atoms with Crippen molar-refractivity contribution in [3.8, 4) is 0 Å². The number of morpholine rings is 1. The van der Waals surface area contributed by atoms with E-state index in [-0.39, 0.29) is 0 Å². The van der Waals surface area contributed by atoms with E-state index in [1.165, 1.54) is 16.0 Å². The second-order valence-corrected chi connectivity index (χ2v) is 8.69. The van der Waals surface area contributed by atoms with Crippen molar-refractivity contribution in [1.29, 1.82) is 0 Å². The molecule has 0 aliphatic carbocycles. The molecule has 7 heteroatoms. The molecule has 1 aromatic carbocycles. The van der Waals surface area contributed by atoms with E-state index < -0.39 is 0 Å². The number of benzene rings is 1. The summed E-state index contributed by atoms with van der Waals surface area (Å²) >= 11 is 5.23. The molecule has 1 aliphatic heterocycles. The summed E-state index contributed by atoms with van der Waals surface area (Å²) < 4.78 is 6.59. The van der Waals surface area contributed by atoms with Crippen molar-refractivity contribution in [2.45, 2.75) is 19.6 Å². The summed E-state index contributed by atoms with van der Waals surface area (Å²) in [7, 11) is 1.80. The van der Waals surface area contributed by atoms with Gasteiger partial charge in [0.25, 0.3) is 0 Å². The maximum atomic E-state index is 5.45. The van der Waals surface area contributed by atoms with Gasteiger partial charge >= 0.3 is 0 Å². The van der Waals surface area contributed by atoms with Crippen molar-refractivity contribution in [1.82, 2.24) is 15.5 Å². The van der Waals surface area contributed by atoms with Gasteiger partial charge in [-0.2, -0.15) is 0 Å². The first-order valence-corrected chi connectivity index (χ1v) is 10.4. The highest BCUT2D eigenvalue weighted by Gasteiger charge is 2.12. The smallest absolute Gasteiger partial charge is 0.191 e. The van der Waals surface area contributed by atoms with Crippen molar-refractivity contribution in [2.75, 3.05) is 33.4 Å². The Balaban J connectivity index is 1.54. The summed E-state index contributed by atoms with van der Waals surface area (Å²) in [6.45, 7) is 6.16. The van der Waals surface area contributed by atoms with Crippen LogP contribution in [0.15, 0.2) is 45.2 Å². The molecule has 2 heterocycles. The molecule has 0 amide bonds. The molecule has 0 spiro atoms. The lowest BCUT2D eigenvalue weighted by Gasteiger charge is -2.27. The fraction of sp³-hybridized carbons (Fsp3) is 0.421. The van der Waals surface area contributed by atoms with E-state index >= 15 is 0 Å².